The van der Waals surface area contributed by atoms with Crippen molar-refractivity contribution < 1.29 is 19.1 Å². The number of carbonyl (C=O) groups is 3. The predicted molar refractivity (Wildman–Crippen MR) is 131 cm³/mol. The van der Waals surface area contributed by atoms with Gasteiger partial charge in [0.1, 0.15) is 0 Å². The van der Waals surface area contributed by atoms with Crippen molar-refractivity contribution in [2.24, 2.45) is 7.05 Å². The largest absolute Gasteiger partial charge is 0.465 e. The summed E-state index contributed by atoms with van der Waals surface area (Å²) in [4.78, 5) is 36.4. The maximum Gasteiger partial charge on any atom is 0.337 e. The number of esters is 1. The van der Waals surface area contributed by atoms with Gasteiger partial charge in [0.15, 0.2) is 11.0 Å². The van der Waals surface area contributed by atoms with Gasteiger partial charge in [-0.2, -0.15) is 0 Å². The van der Waals surface area contributed by atoms with Crippen LogP contribution in [-0.4, -0.2) is 45.4 Å². The number of rotatable bonds is 8. The summed E-state index contributed by atoms with van der Waals surface area (Å²) >= 11 is 19.1. The summed E-state index contributed by atoms with van der Waals surface area (Å²) in [6.45, 7) is 0.116. The predicted octanol–water partition coefficient (Wildman–Crippen LogP) is 4.22. The van der Waals surface area contributed by atoms with Crippen molar-refractivity contribution in [3.8, 4) is 0 Å². The highest BCUT2D eigenvalue weighted by atomic mass is 35.5. The standard InChI is InChI=1S/C21H18Cl3N5O4S/c1-29-17(9-25-19(31)11-3-5-13(22)15(24)7-11)27-28-21(29)34-10-18(30)26-16-8-12(20(32)33-2)4-6-14(16)23/h3-8H,9-10H2,1-2H3,(H,25,31)(H,26,30). The molecule has 0 unspecified atom stereocenters. The lowest BCUT2D eigenvalue weighted by molar-refractivity contribution is -0.113. The van der Waals surface area contributed by atoms with E-state index in [9.17, 15) is 14.4 Å². The number of amides is 2. The highest BCUT2D eigenvalue weighted by Gasteiger charge is 2.15. The number of aromatic nitrogens is 3. The molecule has 3 rings (SSSR count). The fraction of sp³-hybridized carbons (Fsp3) is 0.190. The molecule has 1 heterocycles. The molecule has 0 saturated heterocycles. The highest BCUT2D eigenvalue weighted by Crippen LogP contribution is 2.25. The Morgan fingerprint density at radius 3 is 2.41 bits per heavy atom. The minimum absolute atomic E-state index is 0.0143. The lowest BCUT2D eigenvalue weighted by Crippen LogP contribution is -2.24. The van der Waals surface area contributed by atoms with Crippen LogP contribution in [0.5, 0.6) is 0 Å². The highest BCUT2D eigenvalue weighted by molar-refractivity contribution is 7.99. The Hall–Kier alpha value is -2.79. The van der Waals surface area contributed by atoms with Gasteiger partial charge >= 0.3 is 5.97 Å². The van der Waals surface area contributed by atoms with Crippen molar-refractivity contribution in [2.45, 2.75) is 11.7 Å². The first-order valence-electron chi connectivity index (χ1n) is 9.61. The quantitative estimate of drug-likeness (QED) is 0.323. The third kappa shape index (κ3) is 6.41. The maximum absolute atomic E-state index is 12.4. The SMILES string of the molecule is COC(=O)c1ccc(Cl)c(NC(=O)CSc2nnc(CNC(=O)c3ccc(Cl)c(Cl)c3)n2C)c1. The second kappa shape index (κ2) is 11.6. The molecule has 3 aromatic rings. The summed E-state index contributed by atoms with van der Waals surface area (Å²) in [5, 5.41) is 14.9. The Bertz CT molecular complexity index is 1250. The number of thioether (sulfide) groups is 1. The third-order valence-corrected chi connectivity index (χ3v) is 6.60. The smallest absolute Gasteiger partial charge is 0.337 e. The monoisotopic (exact) mass is 541 g/mol. The van der Waals surface area contributed by atoms with Crippen LogP contribution in [0.1, 0.15) is 26.5 Å². The van der Waals surface area contributed by atoms with Gasteiger partial charge < -0.3 is 19.9 Å². The zero-order valence-electron chi connectivity index (χ0n) is 17.9. The molecule has 1 aromatic heterocycles. The van der Waals surface area contributed by atoms with Crippen LogP contribution in [0.3, 0.4) is 0 Å². The number of nitrogens with zero attached hydrogens (tertiary/aromatic N) is 3. The molecule has 2 aromatic carbocycles. The second-order valence-electron chi connectivity index (χ2n) is 6.79. The molecule has 0 bridgehead atoms. The van der Waals surface area contributed by atoms with E-state index >= 15 is 0 Å². The van der Waals surface area contributed by atoms with E-state index in [1.165, 1.54) is 31.4 Å². The molecule has 0 saturated carbocycles. The Kier molecular flexibility index (Phi) is 8.78. The fourth-order valence-corrected chi connectivity index (χ4v) is 3.90. The van der Waals surface area contributed by atoms with Gasteiger partial charge in [0.05, 0.1) is 45.7 Å². The molecule has 9 nitrogen and oxygen atoms in total. The van der Waals surface area contributed by atoms with Gasteiger partial charge in [-0.05, 0) is 36.4 Å². The van der Waals surface area contributed by atoms with E-state index in [2.05, 4.69) is 25.6 Å². The Labute approximate surface area is 214 Å². The van der Waals surface area contributed by atoms with E-state index in [1.807, 2.05) is 0 Å². The summed E-state index contributed by atoms with van der Waals surface area (Å²) in [7, 11) is 2.98. The van der Waals surface area contributed by atoms with Crippen molar-refractivity contribution in [2.75, 3.05) is 18.2 Å². The molecule has 0 aliphatic carbocycles. The number of hydrogen-bond donors (Lipinski definition) is 2. The van der Waals surface area contributed by atoms with Crippen LogP contribution in [0.15, 0.2) is 41.6 Å². The van der Waals surface area contributed by atoms with Crippen LogP contribution in [-0.2, 0) is 23.1 Å². The number of carbonyl (C=O) groups excluding carboxylic acids is 3. The number of ether oxygens (including phenoxy) is 1. The molecule has 34 heavy (non-hydrogen) atoms. The van der Waals surface area contributed by atoms with Crippen LogP contribution in [0.2, 0.25) is 15.1 Å². The van der Waals surface area contributed by atoms with Crippen molar-refractivity contribution in [1.29, 1.82) is 0 Å². The van der Waals surface area contributed by atoms with E-state index in [-0.39, 0.29) is 39.7 Å². The molecule has 0 fully saturated rings. The fourth-order valence-electron chi connectivity index (χ4n) is 2.71. The third-order valence-electron chi connectivity index (χ3n) is 4.51. The molecule has 0 aliphatic heterocycles. The van der Waals surface area contributed by atoms with Crippen LogP contribution >= 0.6 is 46.6 Å². The lowest BCUT2D eigenvalue weighted by atomic mass is 10.2. The van der Waals surface area contributed by atoms with Gasteiger partial charge in [0.25, 0.3) is 5.91 Å². The molecular formula is C21H18Cl3N5O4S. The topological polar surface area (TPSA) is 115 Å². The molecule has 0 radical (unpaired) electrons. The number of anilines is 1. The van der Waals surface area contributed by atoms with Crippen molar-refractivity contribution in [3.63, 3.8) is 0 Å². The van der Waals surface area contributed by atoms with Gasteiger partial charge in [-0.3, -0.25) is 9.59 Å². The normalized spacial score (nSPS) is 10.6. The Morgan fingerprint density at radius 1 is 1.00 bits per heavy atom. The van der Waals surface area contributed by atoms with E-state index in [0.29, 0.717) is 27.3 Å². The molecule has 2 amide bonds. The first kappa shape index (κ1) is 25.8. The van der Waals surface area contributed by atoms with Gasteiger partial charge in [-0.15, -0.1) is 10.2 Å². The minimum Gasteiger partial charge on any atom is -0.465 e. The first-order valence-corrected chi connectivity index (χ1v) is 11.7. The lowest BCUT2D eigenvalue weighted by Gasteiger charge is -2.09. The van der Waals surface area contributed by atoms with Crippen LogP contribution < -0.4 is 10.6 Å². The molecule has 178 valence electrons. The summed E-state index contributed by atoms with van der Waals surface area (Å²) < 4.78 is 6.34. The summed E-state index contributed by atoms with van der Waals surface area (Å²) in [6, 6.07) is 9.02. The van der Waals surface area contributed by atoms with Gasteiger partial charge in [0, 0.05) is 12.6 Å². The zero-order chi connectivity index (χ0) is 24.8. The molecule has 2 N–H and O–H groups in total. The number of halogens is 3. The van der Waals surface area contributed by atoms with Crippen LogP contribution in [0, 0.1) is 0 Å². The van der Waals surface area contributed by atoms with E-state index in [0.717, 1.165) is 11.8 Å². The molecule has 13 heteroatoms. The molecule has 0 spiro atoms. The first-order chi connectivity index (χ1) is 16.2. The van der Waals surface area contributed by atoms with Crippen LogP contribution in [0.25, 0.3) is 0 Å². The summed E-state index contributed by atoms with van der Waals surface area (Å²) in [6.07, 6.45) is 0. The van der Waals surface area contributed by atoms with E-state index in [4.69, 9.17) is 34.8 Å². The van der Waals surface area contributed by atoms with E-state index in [1.54, 1.807) is 23.7 Å². The van der Waals surface area contributed by atoms with Crippen molar-refractivity contribution in [1.82, 2.24) is 20.1 Å². The van der Waals surface area contributed by atoms with Gasteiger partial charge in [-0.25, -0.2) is 4.79 Å². The summed E-state index contributed by atoms with van der Waals surface area (Å²) in [5.74, 6) is -0.738. The molecule has 0 atom stereocenters. The summed E-state index contributed by atoms with van der Waals surface area (Å²) in [5.41, 5.74) is 0.910. The number of benzene rings is 2. The van der Waals surface area contributed by atoms with Crippen LogP contribution in [0.4, 0.5) is 5.69 Å². The zero-order valence-corrected chi connectivity index (χ0v) is 21.0. The van der Waals surface area contributed by atoms with Crippen molar-refractivity contribution >= 4 is 70.0 Å². The molecular weight excluding hydrogens is 525 g/mol. The molecule has 0 aliphatic rings. The van der Waals surface area contributed by atoms with Gasteiger partial charge in [0.2, 0.25) is 5.91 Å². The van der Waals surface area contributed by atoms with E-state index < -0.39 is 5.97 Å². The number of methoxy groups -OCH3 is 1. The van der Waals surface area contributed by atoms with Crippen molar-refractivity contribution in [3.05, 3.63) is 68.4 Å². The Balaban J connectivity index is 1.56. The number of hydrogen-bond acceptors (Lipinski definition) is 7. The van der Waals surface area contributed by atoms with Gasteiger partial charge in [-0.1, -0.05) is 46.6 Å². The second-order valence-corrected chi connectivity index (χ2v) is 8.96. The number of nitrogens with one attached hydrogen (secondary N) is 2. The average Bonchev–Trinajstić information content (AvgIpc) is 3.17. The minimum atomic E-state index is -0.542. The maximum atomic E-state index is 12.4. The average molecular weight is 543 g/mol. The Morgan fingerprint density at radius 2 is 1.71 bits per heavy atom.